The molecule has 3 aromatic carbocycles. The van der Waals surface area contributed by atoms with Crippen LogP contribution in [0.1, 0.15) is 46.7 Å². The fourth-order valence-corrected chi connectivity index (χ4v) is 5.95. The topological polar surface area (TPSA) is 78.5 Å². The summed E-state index contributed by atoms with van der Waals surface area (Å²) >= 11 is 0. The molecule has 1 aliphatic rings. The average Bonchev–Trinajstić information content (AvgIpc) is 3.40. The van der Waals surface area contributed by atoms with Crippen molar-refractivity contribution < 1.29 is 23.8 Å². The van der Waals surface area contributed by atoms with Crippen molar-refractivity contribution in [3.05, 3.63) is 83.1 Å². The minimum Gasteiger partial charge on any atom is -0.493 e. The van der Waals surface area contributed by atoms with E-state index in [2.05, 4.69) is 5.10 Å². The molecule has 0 spiro atoms. The number of aromatic carboxylic acids is 1. The molecule has 7 nitrogen and oxygen atoms in total. The highest BCUT2D eigenvalue weighted by Crippen LogP contribution is 2.40. The lowest BCUT2D eigenvalue weighted by atomic mass is 9.97. The number of hydrogen-bond acceptors (Lipinski definition) is 4. The van der Waals surface area contributed by atoms with Crippen molar-refractivity contribution in [1.82, 2.24) is 14.3 Å². The van der Waals surface area contributed by atoms with E-state index in [9.17, 15) is 9.90 Å². The maximum Gasteiger partial charge on any atom is 0.352 e. The Hall–Kier alpha value is -4.17. The summed E-state index contributed by atoms with van der Waals surface area (Å²) in [5, 5.41) is 17.9. The Morgan fingerprint density at radius 1 is 1.07 bits per heavy atom. The molecule has 0 fully saturated rings. The van der Waals surface area contributed by atoms with Crippen LogP contribution in [0.5, 0.6) is 5.75 Å². The van der Waals surface area contributed by atoms with Gasteiger partial charge in [-0.3, -0.25) is 4.68 Å². The van der Waals surface area contributed by atoms with Gasteiger partial charge in [-0.25, -0.2) is 9.18 Å². The molecule has 1 aliphatic heterocycles. The van der Waals surface area contributed by atoms with Crippen LogP contribution in [-0.2, 0) is 31.4 Å². The number of aromatic nitrogens is 3. The first-order valence-electron chi connectivity index (χ1n) is 13.7. The summed E-state index contributed by atoms with van der Waals surface area (Å²) in [4.78, 5) is 12.7. The minimum atomic E-state index is -1.01. The summed E-state index contributed by atoms with van der Waals surface area (Å²) in [7, 11) is 1.83. The van der Waals surface area contributed by atoms with E-state index >= 15 is 4.39 Å². The predicted octanol–water partition coefficient (Wildman–Crippen LogP) is 6.66. The lowest BCUT2D eigenvalue weighted by molar-refractivity contribution is 0.0683. The van der Waals surface area contributed by atoms with E-state index in [4.69, 9.17) is 9.47 Å². The Morgan fingerprint density at radius 2 is 1.90 bits per heavy atom. The van der Waals surface area contributed by atoms with E-state index in [1.54, 1.807) is 15.3 Å². The van der Waals surface area contributed by atoms with Gasteiger partial charge in [-0.2, -0.15) is 5.10 Å². The van der Waals surface area contributed by atoms with E-state index in [0.717, 1.165) is 34.0 Å². The third-order valence-corrected chi connectivity index (χ3v) is 7.87. The summed E-state index contributed by atoms with van der Waals surface area (Å²) < 4.78 is 31.3. The maximum atomic E-state index is 15.8. The van der Waals surface area contributed by atoms with Crippen LogP contribution < -0.4 is 4.74 Å². The van der Waals surface area contributed by atoms with Gasteiger partial charge < -0.3 is 19.1 Å². The molecule has 2 aromatic heterocycles. The van der Waals surface area contributed by atoms with E-state index in [1.165, 1.54) is 6.07 Å². The van der Waals surface area contributed by atoms with Crippen LogP contribution in [0, 0.1) is 12.7 Å². The number of benzene rings is 3. The second kappa shape index (κ2) is 10.8. The summed E-state index contributed by atoms with van der Waals surface area (Å²) in [5.74, 6) is -0.605. The first kappa shape index (κ1) is 26.1. The first-order valence-corrected chi connectivity index (χ1v) is 13.7. The maximum absolute atomic E-state index is 15.8. The molecule has 0 amide bonds. The number of rotatable bonds is 6. The quantitative estimate of drug-likeness (QED) is 0.243. The van der Waals surface area contributed by atoms with Gasteiger partial charge in [0.15, 0.2) is 0 Å². The minimum absolute atomic E-state index is 0.218. The van der Waals surface area contributed by atoms with Gasteiger partial charge in [0.25, 0.3) is 0 Å². The summed E-state index contributed by atoms with van der Waals surface area (Å²) in [6.07, 6.45) is 2.58. The zero-order valence-corrected chi connectivity index (χ0v) is 22.7. The highest BCUT2D eigenvalue weighted by molar-refractivity contribution is 6.04. The van der Waals surface area contributed by atoms with Gasteiger partial charge in [0.05, 0.1) is 24.4 Å². The monoisotopic (exact) mass is 541 g/mol. The SMILES string of the molecule is Cc1c2c(nn1C)COCCCCn1c(C(=O)O)c(CCCOc3cccc4ccccc34)c3ccc(F)c-2c31. The highest BCUT2D eigenvalue weighted by atomic mass is 19.1. The molecule has 5 aromatic rings. The summed E-state index contributed by atoms with van der Waals surface area (Å²) in [6, 6.07) is 17.2. The van der Waals surface area contributed by atoms with Crippen molar-refractivity contribution in [1.29, 1.82) is 0 Å². The fourth-order valence-electron chi connectivity index (χ4n) is 5.95. The number of fused-ring (bicyclic) bond motifs is 3. The van der Waals surface area contributed by atoms with Gasteiger partial charge in [0.2, 0.25) is 0 Å². The molecule has 0 bridgehead atoms. The zero-order valence-electron chi connectivity index (χ0n) is 22.7. The molecule has 0 atom stereocenters. The third-order valence-electron chi connectivity index (χ3n) is 7.87. The Labute approximate surface area is 231 Å². The molecule has 0 radical (unpaired) electrons. The van der Waals surface area contributed by atoms with Crippen molar-refractivity contribution in [2.45, 2.75) is 45.8 Å². The number of carboxylic acid groups (broad SMARTS) is 1. The molecule has 0 aliphatic carbocycles. The Balaban J connectivity index is 1.42. The second-order valence-corrected chi connectivity index (χ2v) is 10.3. The second-order valence-electron chi connectivity index (χ2n) is 10.3. The number of carboxylic acids is 1. The average molecular weight is 542 g/mol. The van der Waals surface area contributed by atoms with Gasteiger partial charge in [0, 0.05) is 47.8 Å². The highest BCUT2D eigenvalue weighted by Gasteiger charge is 2.29. The molecule has 6 rings (SSSR count). The van der Waals surface area contributed by atoms with Crippen molar-refractivity contribution in [3.63, 3.8) is 0 Å². The van der Waals surface area contributed by atoms with Crippen LogP contribution in [0.25, 0.3) is 32.8 Å². The molecule has 206 valence electrons. The van der Waals surface area contributed by atoms with Crippen LogP contribution in [0.2, 0.25) is 0 Å². The molecule has 0 saturated heterocycles. The number of halogens is 1. The Bertz CT molecular complexity index is 1730. The van der Waals surface area contributed by atoms with E-state index in [0.29, 0.717) is 66.9 Å². The van der Waals surface area contributed by atoms with Crippen molar-refractivity contribution in [2.75, 3.05) is 13.2 Å². The number of ether oxygens (including phenoxy) is 2. The molecule has 0 unspecified atom stereocenters. The molecular weight excluding hydrogens is 509 g/mol. The van der Waals surface area contributed by atoms with Crippen molar-refractivity contribution >= 4 is 27.6 Å². The van der Waals surface area contributed by atoms with Crippen LogP contribution >= 0.6 is 0 Å². The first-order chi connectivity index (χ1) is 19.5. The predicted molar refractivity (Wildman–Crippen MR) is 152 cm³/mol. The zero-order chi connectivity index (χ0) is 27.8. The largest absolute Gasteiger partial charge is 0.493 e. The Morgan fingerprint density at radius 3 is 2.75 bits per heavy atom. The van der Waals surface area contributed by atoms with Gasteiger partial charge in [-0.1, -0.05) is 36.4 Å². The van der Waals surface area contributed by atoms with Gasteiger partial charge >= 0.3 is 5.97 Å². The van der Waals surface area contributed by atoms with Crippen LogP contribution in [0.4, 0.5) is 4.39 Å². The van der Waals surface area contributed by atoms with E-state index < -0.39 is 11.8 Å². The van der Waals surface area contributed by atoms with Gasteiger partial charge in [0.1, 0.15) is 17.3 Å². The van der Waals surface area contributed by atoms with Crippen molar-refractivity contribution in [3.8, 4) is 16.9 Å². The van der Waals surface area contributed by atoms with Crippen molar-refractivity contribution in [2.24, 2.45) is 7.05 Å². The molecule has 40 heavy (non-hydrogen) atoms. The van der Waals surface area contributed by atoms with E-state index in [1.807, 2.05) is 56.4 Å². The number of carbonyl (C=O) groups is 1. The van der Waals surface area contributed by atoms with Crippen LogP contribution in [0.3, 0.4) is 0 Å². The number of aryl methyl sites for hydroxylation is 3. The molecule has 1 N–H and O–H groups in total. The molecule has 8 heteroatoms. The van der Waals surface area contributed by atoms with Gasteiger partial charge in [-0.15, -0.1) is 0 Å². The molecule has 0 saturated carbocycles. The summed E-state index contributed by atoms with van der Waals surface area (Å²) in [6.45, 7) is 3.59. The Kier molecular flexibility index (Phi) is 7.02. The molecular formula is C32H32FN3O4. The van der Waals surface area contributed by atoms with Gasteiger partial charge in [-0.05, 0) is 61.8 Å². The van der Waals surface area contributed by atoms with Crippen LogP contribution in [-0.4, -0.2) is 38.6 Å². The fraction of sp³-hybridized carbons (Fsp3) is 0.312. The smallest absolute Gasteiger partial charge is 0.352 e. The molecule has 3 heterocycles. The lowest BCUT2D eigenvalue weighted by Gasteiger charge is -2.12. The normalized spacial score (nSPS) is 13.8. The van der Waals surface area contributed by atoms with E-state index in [-0.39, 0.29) is 12.3 Å². The third kappa shape index (κ3) is 4.52. The standard InChI is InChI=1S/C32H32FN3O4/c1-20-28-26(34-35(20)2)19-39-17-6-5-16-36-30-24(14-15-25(33)29(28)30)23(31(36)32(37)38)12-8-18-40-27-13-7-10-21-9-3-4-11-22(21)27/h3-4,7,9-11,13-15H,5-6,8,12,16-19H2,1-2H3,(H,37,38). The number of hydrogen-bond donors (Lipinski definition) is 1. The van der Waals surface area contributed by atoms with Crippen LogP contribution in [0.15, 0.2) is 54.6 Å². The lowest BCUT2D eigenvalue weighted by Crippen LogP contribution is -2.12. The number of nitrogens with zero attached hydrogens (tertiary/aromatic N) is 3. The summed E-state index contributed by atoms with van der Waals surface area (Å²) in [5.41, 5.74) is 4.07.